The highest BCUT2D eigenvalue weighted by Gasteiger charge is 2.06. The topological polar surface area (TPSA) is 47.6 Å². The zero-order valence-electron chi connectivity index (χ0n) is 12.3. The zero-order valence-corrected chi connectivity index (χ0v) is 13.8. The summed E-state index contributed by atoms with van der Waals surface area (Å²) in [6.45, 7) is -2.84. The van der Waals surface area contributed by atoms with Crippen molar-refractivity contribution in [2.24, 2.45) is 0 Å². The monoisotopic (exact) mass is 375 g/mol. The van der Waals surface area contributed by atoms with E-state index in [1.807, 2.05) is 0 Å². The third kappa shape index (κ3) is 6.22. The maximum Gasteiger partial charge on any atom is 0.387 e. The summed E-state index contributed by atoms with van der Waals surface area (Å²) >= 11 is 11.7. The minimum Gasteiger partial charge on any atom is -0.484 e. The van der Waals surface area contributed by atoms with E-state index in [-0.39, 0.29) is 24.8 Å². The molecule has 0 atom stereocenters. The van der Waals surface area contributed by atoms with Crippen molar-refractivity contribution in [1.82, 2.24) is 5.32 Å². The van der Waals surface area contributed by atoms with Crippen molar-refractivity contribution < 1.29 is 23.0 Å². The number of nitrogens with one attached hydrogen (secondary N) is 1. The predicted molar refractivity (Wildman–Crippen MR) is 86.9 cm³/mol. The Kier molecular flexibility index (Phi) is 6.63. The standard InChI is InChI=1S/C16H13Cl2F2NO3/c17-11-5-12(18)7-14(6-11)23-9-15(22)21-8-10-1-3-13(4-2-10)24-16(19)20/h1-7,16H,8-9H2,(H,21,22). The molecule has 0 heterocycles. The lowest BCUT2D eigenvalue weighted by atomic mass is 10.2. The molecule has 0 fully saturated rings. The summed E-state index contributed by atoms with van der Waals surface area (Å²) in [6.07, 6.45) is 0. The molecule has 0 aliphatic carbocycles. The molecule has 128 valence electrons. The Bertz CT molecular complexity index is 676. The van der Waals surface area contributed by atoms with Crippen molar-refractivity contribution in [2.75, 3.05) is 6.61 Å². The van der Waals surface area contributed by atoms with Crippen molar-refractivity contribution in [3.63, 3.8) is 0 Å². The summed E-state index contributed by atoms with van der Waals surface area (Å²) in [5.74, 6) is 0.0939. The number of alkyl halides is 2. The molecule has 1 N–H and O–H groups in total. The number of ether oxygens (including phenoxy) is 2. The van der Waals surface area contributed by atoms with Gasteiger partial charge in [-0.05, 0) is 35.9 Å². The van der Waals surface area contributed by atoms with Crippen molar-refractivity contribution >= 4 is 29.1 Å². The van der Waals surface area contributed by atoms with Crippen LogP contribution in [0.4, 0.5) is 8.78 Å². The first-order valence-corrected chi connectivity index (χ1v) is 7.57. The van der Waals surface area contributed by atoms with Crippen molar-refractivity contribution in [3.8, 4) is 11.5 Å². The molecule has 0 aliphatic rings. The van der Waals surface area contributed by atoms with Gasteiger partial charge in [-0.25, -0.2) is 0 Å². The van der Waals surface area contributed by atoms with Gasteiger partial charge in [0.2, 0.25) is 0 Å². The molecule has 4 nitrogen and oxygen atoms in total. The summed E-state index contributed by atoms with van der Waals surface area (Å²) < 4.78 is 33.6. The number of rotatable bonds is 7. The molecule has 24 heavy (non-hydrogen) atoms. The molecule has 0 bridgehead atoms. The fraction of sp³-hybridized carbons (Fsp3) is 0.188. The van der Waals surface area contributed by atoms with Gasteiger partial charge in [0.05, 0.1) is 0 Å². The van der Waals surface area contributed by atoms with E-state index in [0.29, 0.717) is 15.8 Å². The molecule has 0 aliphatic heterocycles. The minimum atomic E-state index is -2.87. The van der Waals surface area contributed by atoms with E-state index >= 15 is 0 Å². The van der Waals surface area contributed by atoms with Crippen LogP contribution in [0.5, 0.6) is 11.5 Å². The summed E-state index contributed by atoms with van der Waals surface area (Å²) in [7, 11) is 0. The largest absolute Gasteiger partial charge is 0.484 e. The average molecular weight is 376 g/mol. The zero-order chi connectivity index (χ0) is 17.5. The SMILES string of the molecule is O=C(COc1cc(Cl)cc(Cl)c1)NCc1ccc(OC(F)F)cc1. The molecule has 0 unspecified atom stereocenters. The van der Waals surface area contributed by atoms with Gasteiger partial charge in [0.25, 0.3) is 5.91 Å². The third-order valence-electron chi connectivity index (χ3n) is 2.84. The molecule has 0 aromatic heterocycles. The third-order valence-corrected chi connectivity index (χ3v) is 3.28. The summed E-state index contributed by atoms with van der Waals surface area (Å²) in [4.78, 5) is 11.7. The van der Waals surface area contributed by atoms with Crippen LogP contribution in [0.2, 0.25) is 10.0 Å². The minimum absolute atomic E-state index is 0.0567. The lowest BCUT2D eigenvalue weighted by molar-refractivity contribution is -0.123. The first-order chi connectivity index (χ1) is 11.4. The van der Waals surface area contributed by atoms with E-state index in [1.54, 1.807) is 30.3 Å². The molecule has 0 radical (unpaired) electrons. The van der Waals surface area contributed by atoms with Crippen LogP contribution in [-0.2, 0) is 11.3 Å². The number of benzene rings is 2. The van der Waals surface area contributed by atoms with Gasteiger partial charge in [0, 0.05) is 16.6 Å². The Morgan fingerprint density at radius 1 is 1.04 bits per heavy atom. The van der Waals surface area contributed by atoms with Crippen LogP contribution in [0.25, 0.3) is 0 Å². The fourth-order valence-corrected chi connectivity index (χ4v) is 2.31. The number of carbonyl (C=O) groups is 1. The lowest BCUT2D eigenvalue weighted by Gasteiger charge is -2.09. The first-order valence-electron chi connectivity index (χ1n) is 6.82. The molecule has 0 saturated carbocycles. The molecular formula is C16H13Cl2F2NO3. The second-order valence-corrected chi connectivity index (χ2v) is 5.57. The van der Waals surface area contributed by atoms with Crippen LogP contribution in [0, 0.1) is 0 Å². The Hall–Kier alpha value is -2.05. The Morgan fingerprint density at radius 2 is 1.67 bits per heavy atom. The maximum atomic E-state index is 12.0. The number of carbonyl (C=O) groups excluding carboxylic acids is 1. The molecule has 0 saturated heterocycles. The molecule has 8 heteroatoms. The molecular weight excluding hydrogens is 363 g/mol. The van der Waals surface area contributed by atoms with Gasteiger partial charge in [-0.15, -0.1) is 0 Å². The Morgan fingerprint density at radius 3 is 2.25 bits per heavy atom. The smallest absolute Gasteiger partial charge is 0.387 e. The summed E-state index contributed by atoms with van der Waals surface area (Å²) in [6, 6.07) is 10.6. The molecule has 2 rings (SSSR count). The van der Waals surface area contributed by atoms with Crippen LogP contribution in [-0.4, -0.2) is 19.1 Å². The van der Waals surface area contributed by atoms with Crippen molar-refractivity contribution in [3.05, 3.63) is 58.1 Å². The van der Waals surface area contributed by atoms with E-state index in [2.05, 4.69) is 10.1 Å². The summed E-state index contributed by atoms with van der Waals surface area (Å²) in [5.41, 5.74) is 0.732. The number of hydrogen-bond acceptors (Lipinski definition) is 3. The van der Waals surface area contributed by atoms with Crippen molar-refractivity contribution in [2.45, 2.75) is 13.2 Å². The van der Waals surface area contributed by atoms with Gasteiger partial charge >= 0.3 is 6.61 Å². The van der Waals surface area contributed by atoms with Gasteiger partial charge in [0.15, 0.2) is 6.61 Å². The number of hydrogen-bond donors (Lipinski definition) is 1. The van der Waals surface area contributed by atoms with E-state index in [9.17, 15) is 13.6 Å². The molecule has 2 aromatic carbocycles. The van der Waals surface area contributed by atoms with Crippen LogP contribution >= 0.6 is 23.2 Å². The lowest BCUT2D eigenvalue weighted by Crippen LogP contribution is -2.28. The second kappa shape index (κ2) is 8.70. The van der Waals surface area contributed by atoms with Gasteiger partial charge < -0.3 is 14.8 Å². The number of halogens is 4. The van der Waals surface area contributed by atoms with Crippen LogP contribution in [0.1, 0.15) is 5.56 Å². The molecule has 1 amide bonds. The fourth-order valence-electron chi connectivity index (χ4n) is 1.80. The highest BCUT2D eigenvalue weighted by molar-refractivity contribution is 6.34. The van der Waals surface area contributed by atoms with E-state index in [4.69, 9.17) is 27.9 Å². The molecule has 2 aromatic rings. The highest BCUT2D eigenvalue weighted by atomic mass is 35.5. The van der Waals surface area contributed by atoms with Gasteiger partial charge in [-0.1, -0.05) is 35.3 Å². The summed E-state index contributed by atoms with van der Waals surface area (Å²) in [5, 5.41) is 3.45. The van der Waals surface area contributed by atoms with Gasteiger partial charge in [-0.2, -0.15) is 8.78 Å². The highest BCUT2D eigenvalue weighted by Crippen LogP contribution is 2.24. The van der Waals surface area contributed by atoms with Gasteiger partial charge in [-0.3, -0.25) is 4.79 Å². The second-order valence-electron chi connectivity index (χ2n) is 4.69. The van der Waals surface area contributed by atoms with E-state index in [1.165, 1.54) is 12.1 Å². The van der Waals surface area contributed by atoms with Crippen molar-refractivity contribution in [1.29, 1.82) is 0 Å². The van der Waals surface area contributed by atoms with E-state index in [0.717, 1.165) is 5.56 Å². The van der Waals surface area contributed by atoms with E-state index < -0.39 is 6.61 Å². The molecule has 0 spiro atoms. The number of amides is 1. The Labute approximate surface area is 147 Å². The quantitative estimate of drug-likeness (QED) is 0.784. The average Bonchev–Trinajstić information content (AvgIpc) is 2.51. The predicted octanol–water partition coefficient (Wildman–Crippen LogP) is 4.29. The van der Waals surface area contributed by atoms with Crippen LogP contribution in [0.3, 0.4) is 0 Å². The van der Waals surface area contributed by atoms with Gasteiger partial charge in [0.1, 0.15) is 11.5 Å². The first kappa shape index (κ1) is 18.3. The van der Waals surface area contributed by atoms with Crippen LogP contribution in [0.15, 0.2) is 42.5 Å². The maximum absolute atomic E-state index is 12.0. The van der Waals surface area contributed by atoms with Crippen LogP contribution < -0.4 is 14.8 Å². The Balaban J connectivity index is 1.78. The normalized spacial score (nSPS) is 10.5.